The molecule has 1 aliphatic rings. The minimum atomic E-state index is -0.926. The third-order valence-corrected chi connectivity index (χ3v) is 7.49. The van der Waals surface area contributed by atoms with Gasteiger partial charge in [-0.25, -0.2) is 23.7 Å². The number of nitrogens with zero attached hydrogens (tertiary/aromatic N) is 5. The quantitative estimate of drug-likeness (QED) is 0.516. The van der Waals surface area contributed by atoms with E-state index in [2.05, 4.69) is 30.9 Å². The molecule has 0 radical (unpaired) electrons. The molecule has 0 unspecified atom stereocenters. The molecule has 3 aromatic rings. The van der Waals surface area contributed by atoms with Gasteiger partial charge in [-0.2, -0.15) is 0 Å². The Morgan fingerprint density at radius 1 is 1.26 bits per heavy atom. The molecule has 3 heterocycles. The van der Waals surface area contributed by atoms with Crippen LogP contribution in [0.2, 0.25) is 0 Å². The molecule has 0 aliphatic carbocycles. The lowest BCUT2D eigenvalue weighted by Crippen LogP contribution is -2.37. The molecule has 7 nitrogen and oxygen atoms in total. The number of halogens is 3. The predicted molar refractivity (Wildman–Crippen MR) is 118 cm³/mol. The maximum Gasteiger partial charge on any atom is 0.219 e. The van der Waals surface area contributed by atoms with E-state index < -0.39 is 11.6 Å². The van der Waals surface area contributed by atoms with E-state index in [1.165, 1.54) is 18.1 Å². The van der Waals surface area contributed by atoms with Crippen molar-refractivity contribution in [2.24, 2.45) is 5.92 Å². The van der Waals surface area contributed by atoms with Crippen molar-refractivity contribution in [3.05, 3.63) is 34.6 Å². The summed E-state index contributed by atoms with van der Waals surface area (Å²) in [5.74, 6) is -0.992. The molecule has 0 spiro atoms. The van der Waals surface area contributed by atoms with Gasteiger partial charge in [-0.15, -0.1) is 0 Å². The number of aryl methyl sites for hydroxylation is 1. The molecule has 2 aromatic heterocycles. The first kappa shape index (κ1) is 21.9. The fourth-order valence-corrected chi connectivity index (χ4v) is 5.24. The van der Waals surface area contributed by atoms with E-state index >= 15 is 0 Å². The van der Waals surface area contributed by atoms with Crippen molar-refractivity contribution in [3.8, 4) is 0 Å². The Kier molecular flexibility index (Phi) is 6.42. The number of benzene rings is 1. The number of aromatic nitrogens is 4. The summed E-state index contributed by atoms with van der Waals surface area (Å²) in [6.45, 7) is 3.77. The number of nitrogens with two attached hydrogens (primary N) is 1. The van der Waals surface area contributed by atoms with Crippen LogP contribution in [-0.4, -0.2) is 43.4 Å². The van der Waals surface area contributed by atoms with Crippen molar-refractivity contribution in [1.29, 1.82) is 0 Å². The molecule has 0 bridgehead atoms. The fourth-order valence-electron chi connectivity index (χ4n) is 3.74. The average Bonchev–Trinajstić information content (AvgIpc) is 3.09. The Balaban J connectivity index is 1.59. The molecule has 164 valence electrons. The van der Waals surface area contributed by atoms with Crippen molar-refractivity contribution in [3.63, 3.8) is 0 Å². The molecular weight excluding hydrogens is 490 g/mol. The summed E-state index contributed by atoms with van der Waals surface area (Å²) in [7, 11) is 0. The van der Waals surface area contributed by atoms with E-state index in [9.17, 15) is 13.6 Å². The Hall–Kier alpha value is -2.27. The van der Waals surface area contributed by atoms with Gasteiger partial charge in [-0.3, -0.25) is 4.79 Å². The van der Waals surface area contributed by atoms with Crippen LogP contribution >= 0.6 is 27.7 Å². The maximum absolute atomic E-state index is 13.8. The second kappa shape index (κ2) is 9.07. The topological polar surface area (TPSA) is 89.9 Å². The highest BCUT2D eigenvalue weighted by atomic mass is 79.9. The molecule has 1 fully saturated rings. The number of nitrogen functional groups attached to an aromatic ring is 1. The third-order valence-electron chi connectivity index (χ3n) is 5.52. The number of anilines is 1. The average molecular weight is 511 g/mol. The lowest BCUT2D eigenvalue weighted by atomic mass is 9.93. The van der Waals surface area contributed by atoms with Crippen LogP contribution in [0.1, 0.15) is 26.2 Å². The molecule has 4 rings (SSSR count). The van der Waals surface area contributed by atoms with Crippen LogP contribution in [0, 0.1) is 17.6 Å². The largest absolute Gasteiger partial charge is 0.382 e. The van der Waals surface area contributed by atoms with E-state index in [4.69, 9.17) is 5.73 Å². The Labute approximate surface area is 190 Å². The number of carbonyl (C=O) groups excluding carboxylic acids is 1. The van der Waals surface area contributed by atoms with E-state index in [1.54, 1.807) is 6.92 Å². The zero-order valence-electron chi connectivity index (χ0n) is 16.8. The van der Waals surface area contributed by atoms with Gasteiger partial charge in [-0.1, -0.05) is 11.8 Å². The number of amides is 1. The number of carbonyl (C=O) groups is 1. The summed E-state index contributed by atoms with van der Waals surface area (Å²) in [5.41, 5.74) is 7.08. The van der Waals surface area contributed by atoms with Gasteiger partial charge in [0.25, 0.3) is 0 Å². The highest BCUT2D eigenvalue weighted by Gasteiger charge is 2.23. The van der Waals surface area contributed by atoms with Crippen molar-refractivity contribution < 1.29 is 13.6 Å². The Bertz CT molecular complexity index is 1130. The smallest absolute Gasteiger partial charge is 0.219 e. The van der Waals surface area contributed by atoms with Crippen LogP contribution in [0.15, 0.2) is 33.0 Å². The predicted octanol–water partition coefficient (Wildman–Crippen LogP) is 4.25. The van der Waals surface area contributed by atoms with Gasteiger partial charge in [0.15, 0.2) is 33.8 Å². The first-order valence-electron chi connectivity index (χ1n) is 9.88. The molecule has 2 N–H and O–H groups in total. The summed E-state index contributed by atoms with van der Waals surface area (Å²) in [5, 5.41) is 0.579. The van der Waals surface area contributed by atoms with Crippen molar-refractivity contribution in [2.45, 2.75) is 42.8 Å². The van der Waals surface area contributed by atoms with E-state index in [-0.39, 0.29) is 11.7 Å². The second-order valence-electron chi connectivity index (χ2n) is 7.51. The molecule has 1 saturated heterocycles. The van der Waals surface area contributed by atoms with Crippen LogP contribution < -0.4 is 5.73 Å². The minimum Gasteiger partial charge on any atom is -0.382 e. The van der Waals surface area contributed by atoms with Crippen LogP contribution in [-0.2, 0) is 11.3 Å². The molecule has 1 aromatic carbocycles. The maximum atomic E-state index is 13.8. The van der Waals surface area contributed by atoms with Gasteiger partial charge < -0.3 is 15.2 Å². The van der Waals surface area contributed by atoms with E-state index in [0.29, 0.717) is 38.2 Å². The van der Waals surface area contributed by atoms with Gasteiger partial charge in [0.1, 0.15) is 6.33 Å². The summed E-state index contributed by atoms with van der Waals surface area (Å²) in [6.07, 6.45) is 4.16. The Morgan fingerprint density at radius 2 is 1.97 bits per heavy atom. The van der Waals surface area contributed by atoms with Crippen molar-refractivity contribution >= 4 is 50.6 Å². The van der Waals surface area contributed by atoms with E-state index in [1.807, 2.05) is 9.47 Å². The third kappa shape index (κ3) is 4.67. The summed E-state index contributed by atoms with van der Waals surface area (Å²) in [4.78, 5) is 26.9. The Morgan fingerprint density at radius 3 is 2.68 bits per heavy atom. The van der Waals surface area contributed by atoms with Crippen LogP contribution in [0.4, 0.5) is 14.6 Å². The normalized spacial score (nSPS) is 15.0. The lowest BCUT2D eigenvalue weighted by Gasteiger charge is -2.31. The zero-order valence-corrected chi connectivity index (χ0v) is 19.2. The molecule has 0 atom stereocenters. The number of hydrogen-bond acceptors (Lipinski definition) is 6. The number of piperidine rings is 1. The first-order valence-corrected chi connectivity index (χ1v) is 11.5. The van der Waals surface area contributed by atoms with Gasteiger partial charge in [0.2, 0.25) is 5.91 Å². The molecular formula is C20H21BrF2N6OS. The van der Waals surface area contributed by atoms with Crippen LogP contribution in [0.5, 0.6) is 0 Å². The van der Waals surface area contributed by atoms with Crippen molar-refractivity contribution in [1.82, 2.24) is 24.4 Å². The first-order chi connectivity index (χ1) is 14.8. The number of hydrogen-bond donors (Lipinski definition) is 1. The van der Waals surface area contributed by atoms with Gasteiger partial charge in [0, 0.05) is 35.9 Å². The molecule has 31 heavy (non-hydrogen) atoms. The lowest BCUT2D eigenvalue weighted by molar-refractivity contribution is -0.130. The number of fused-ring (bicyclic) bond motifs is 1. The molecule has 11 heteroatoms. The minimum absolute atomic E-state index is 0.113. The van der Waals surface area contributed by atoms with Gasteiger partial charge in [-0.05, 0) is 53.2 Å². The van der Waals surface area contributed by atoms with Gasteiger partial charge in [0.05, 0.1) is 0 Å². The molecule has 1 amide bonds. The highest BCUT2D eigenvalue weighted by Crippen LogP contribution is 2.36. The standard InChI is InChI=1S/C20H21BrF2N6OS/c1-11(30)28-5-2-12(3-6-28)4-7-29-19-17(18(24)25-10-26-19)27-20(29)31-16-9-15(23)14(22)8-13(16)21/h8-10,12H,2-7H2,1H3,(H2,24,25,26). The number of likely N-dealkylation sites (tertiary alicyclic amines) is 1. The van der Waals surface area contributed by atoms with Gasteiger partial charge >= 0.3 is 0 Å². The van der Waals surface area contributed by atoms with E-state index in [0.717, 1.165) is 44.5 Å². The molecule has 1 aliphatic heterocycles. The zero-order chi connectivity index (χ0) is 22.1. The van der Waals surface area contributed by atoms with Crippen LogP contribution in [0.25, 0.3) is 11.2 Å². The number of imidazole rings is 1. The van der Waals surface area contributed by atoms with Crippen molar-refractivity contribution in [2.75, 3.05) is 18.8 Å². The fraction of sp³-hybridized carbons (Fsp3) is 0.400. The number of rotatable bonds is 5. The molecule has 0 saturated carbocycles. The van der Waals surface area contributed by atoms with Crippen LogP contribution in [0.3, 0.4) is 0 Å². The summed E-state index contributed by atoms with van der Waals surface area (Å²) < 4.78 is 29.7. The SMILES string of the molecule is CC(=O)N1CCC(CCn2c(Sc3cc(F)c(F)cc3Br)nc3c(N)ncnc32)CC1. The highest BCUT2D eigenvalue weighted by molar-refractivity contribution is 9.10. The summed E-state index contributed by atoms with van der Waals surface area (Å²) >= 11 is 4.50. The monoisotopic (exact) mass is 510 g/mol. The summed E-state index contributed by atoms with van der Waals surface area (Å²) in [6, 6.07) is 2.24. The second-order valence-corrected chi connectivity index (χ2v) is 9.38.